The van der Waals surface area contributed by atoms with E-state index in [-0.39, 0.29) is 24.4 Å². The summed E-state index contributed by atoms with van der Waals surface area (Å²) in [6.07, 6.45) is 0. The maximum atomic E-state index is 13.5. The normalized spacial score (nSPS) is 10.8. The number of hydrogen-bond acceptors (Lipinski definition) is 5. The first kappa shape index (κ1) is 26.5. The molecule has 0 aliphatic carbocycles. The van der Waals surface area contributed by atoms with E-state index in [2.05, 4.69) is 5.32 Å². The van der Waals surface area contributed by atoms with Gasteiger partial charge in [-0.1, -0.05) is 36.4 Å². The van der Waals surface area contributed by atoms with Gasteiger partial charge in [-0.25, -0.2) is 4.68 Å². The Hall–Kier alpha value is -4.59. The quantitative estimate of drug-likeness (QED) is 0.327. The summed E-state index contributed by atoms with van der Waals surface area (Å²) in [6.45, 7) is 5.54. The van der Waals surface area contributed by atoms with Crippen LogP contribution >= 0.6 is 0 Å². The molecule has 0 aliphatic heterocycles. The maximum absolute atomic E-state index is 13.5. The Balaban J connectivity index is 1.68. The van der Waals surface area contributed by atoms with Crippen LogP contribution in [0, 0.1) is 6.92 Å². The lowest BCUT2D eigenvalue weighted by molar-refractivity contribution is -0.117. The summed E-state index contributed by atoms with van der Waals surface area (Å²) < 4.78 is 12.3. The van der Waals surface area contributed by atoms with Gasteiger partial charge in [0.05, 0.1) is 25.6 Å². The molecule has 0 saturated carbocycles. The molecule has 4 aromatic rings. The lowest BCUT2D eigenvalue weighted by Crippen LogP contribution is -2.42. The SMILES string of the molecule is COc1ccc(-n2nc(C)c(-c3ccccc3)c2NC(=O)CN(C(=O)c2cccc(OC)c2)C(C)C)cc1. The van der Waals surface area contributed by atoms with Crippen LogP contribution in [0.25, 0.3) is 16.8 Å². The maximum Gasteiger partial charge on any atom is 0.254 e. The van der Waals surface area contributed by atoms with E-state index in [0.29, 0.717) is 17.1 Å². The van der Waals surface area contributed by atoms with Gasteiger partial charge in [0.2, 0.25) is 5.91 Å². The van der Waals surface area contributed by atoms with Crippen LogP contribution in [0.2, 0.25) is 0 Å². The fourth-order valence-corrected chi connectivity index (χ4v) is 4.24. The molecule has 0 fully saturated rings. The van der Waals surface area contributed by atoms with E-state index in [9.17, 15) is 9.59 Å². The minimum absolute atomic E-state index is 0.130. The van der Waals surface area contributed by atoms with Gasteiger partial charge in [-0.15, -0.1) is 0 Å². The molecule has 4 rings (SSSR count). The predicted molar refractivity (Wildman–Crippen MR) is 148 cm³/mol. The van der Waals surface area contributed by atoms with Gasteiger partial charge in [0.25, 0.3) is 5.91 Å². The van der Waals surface area contributed by atoms with Crippen LogP contribution in [0.4, 0.5) is 5.82 Å². The van der Waals surface area contributed by atoms with Crippen molar-refractivity contribution in [1.29, 1.82) is 0 Å². The molecular weight excluding hydrogens is 480 g/mol. The number of anilines is 1. The highest BCUT2D eigenvalue weighted by Crippen LogP contribution is 2.33. The summed E-state index contributed by atoms with van der Waals surface area (Å²) in [7, 11) is 3.16. The molecule has 1 N–H and O–H groups in total. The van der Waals surface area contributed by atoms with Crippen molar-refractivity contribution in [3.8, 4) is 28.3 Å². The molecule has 3 aromatic carbocycles. The minimum Gasteiger partial charge on any atom is -0.497 e. The Morgan fingerprint density at radius 1 is 0.921 bits per heavy atom. The second-order valence-corrected chi connectivity index (χ2v) is 9.09. The van der Waals surface area contributed by atoms with E-state index in [1.807, 2.05) is 75.4 Å². The second-order valence-electron chi connectivity index (χ2n) is 9.09. The summed E-state index contributed by atoms with van der Waals surface area (Å²) in [4.78, 5) is 28.4. The van der Waals surface area contributed by atoms with E-state index in [0.717, 1.165) is 28.3 Å². The van der Waals surface area contributed by atoms with E-state index >= 15 is 0 Å². The van der Waals surface area contributed by atoms with Gasteiger partial charge >= 0.3 is 0 Å². The Kier molecular flexibility index (Phi) is 8.11. The number of aromatic nitrogens is 2. The third-order valence-electron chi connectivity index (χ3n) is 6.21. The average molecular weight is 513 g/mol. The Labute approximate surface area is 222 Å². The number of methoxy groups -OCH3 is 2. The summed E-state index contributed by atoms with van der Waals surface area (Å²) in [5, 5.41) is 7.80. The molecule has 0 spiro atoms. The van der Waals surface area contributed by atoms with E-state index in [1.165, 1.54) is 4.90 Å². The van der Waals surface area contributed by atoms with Crippen molar-refractivity contribution in [2.75, 3.05) is 26.1 Å². The van der Waals surface area contributed by atoms with Crippen LogP contribution in [0.15, 0.2) is 78.9 Å². The van der Waals surface area contributed by atoms with Crippen molar-refractivity contribution >= 4 is 17.6 Å². The van der Waals surface area contributed by atoms with Crippen LogP contribution in [-0.4, -0.2) is 53.3 Å². The van der Waals surface area contributed by atoms with Gasteiger partial charge in [0.15, 0.2) is 0 Å². The zero-order chi connectivity index (χ0) is 27.2. The van der Waals surface area contributed by atoms with E-state index in [4.69, 9.17) is 14.6 Å². The molecule has 8 nitrogen and oxygen atoms in total. The molecule has 1 aromatic heterocycles. The molecule has 0 aliphatic rings. The van der Waals surface area contributed by atoms with Crippen molar-refractivity contribution in [2.24, 2.45) is 0 Å². The van der Waals surface area contributed by atoms with Gasteiger partial charge in [-0.3, -0.25) is 9.59 Å². The van der Waals surface area contributed by atoms with E-state index in [1.54, 1.807) is 43.2 Å². The lowest BCUT2D eigenvalue weighted by Gasteiger charge is -2.26. The first-order valence-electron chi connectivity index (χ1n) is 12.4. The van der Waals surface area contributed by atoms with Crippen LogP contribution in [0.3, 0.4) is 0 Å². The smallest absolute Gasteiger partial charge is 0.254 e. The molecule has 0 atom stereocenters. The number of ether oxygens (including phenoxy) is 2. The molecular formula is C30H32N4O4. The van der Waals surface area contributed by atoms with E-state index < -0.39 is 0 Å². The number of aryl methyl sites for hydroxylation is 1. The molecule has 38 heavy (non-hydrogen) atoms. The molecule has 0 radical (unpaired) electrons. The van der Waals surface area contributed by atoms with Gasteiger partial charge < -0.3 is 19.7 Å². The molecule has 8 heteroatoms. The fourth-order valence-electron chi connectivity index (χ4n) is 4.24. The first-order chi connectivity index (χ1) is 18.3. The van der Waals surface area contributed by atoms with Crippen LogP contribution in [-0.2, 0) is 4.79 Å². The third kappa shape index (κ3) is 5.70. The zero-order valence-corrected chi connectivity index (χ0v) is 22.3. The number of nitrogens with one attached hydrogen (secondary N) is 1. The number of hydrogen-bond donors (Lipinski definition) is 1. The Bertz CT molecular complexity index is 1410. The van der Waals surface area contributed by atoms with Gasteiger partial charge in [-0.2, -0.15) is 5.10 Å². The number of amides is 2. The molecule has 0 bridgehead atoms. The summed E-state index contributed by atoms with van der Waals surface area (Å²) in [5.41, 5.74) is 3.71. The molecule has 0 unspecified atom stereocenters. The summed E-state index contributed by atoms with van der Waals surface area (Å²) in [6, 6.07) is 23.9. The largest absolute Gasteiger partial charge is 0.497 e. The molecule has 2 amide bonds. The Morgan fingerprint density at radius 2 is 1.61 bits per heavy atom. The third-order valence-corrected chi connectivity index (χ3v) is 6.21. The average Bonchev–Trinajstić information content (AvgIpc) is 3.26. The first-order valence-corrected chi connectivity index (χ1v) is 12.4. The topological polar surface area (TPSA) is 85.7 Å². The highest BCUT2D eigenvalue weighted by molar-refractivity contribution is 6.01. The number of nitrogens with zero attached hydrogens (tertiary/aromatic N) is 3. The van der Waals surface area contributed by atoms with Crippen LogP contribution < -0.4 is 14.8 Å². The Morgan fingerprint density at radius 3 is 2.24 bits per heavy atom. The fraction of sp³-hybridized carbons (Fsp3) is 0.233. The standard InChI is InChI=1S/C30H32N4O4/c1-20(2)33(30(36)23-12-9-13-26(18-23)38-5)19-27(35)31-29-28(22-10-7-6-8-11-22)21(3)32-34(29)24-14-16-25(37-4)17-15-24/h6-18,20H,19H2,1-5H3,(H,31,35). The van der Waals surface area contributed by atoms with Crippen molar-refractivity contribution in [3.05, 3.63) is 90.1 Å². The zero-order valence-electron chi connectivity index (χ0n) is 22.3. The predicted octanol–water partition coefficient (Wildman–Crippen LogP) is 5.35. The number of rotatable bonds is 9. The number of carbonyl (C=O) groups is 2. The highest BCUT2D eigenvalue weighted by atomic mass is 16.5. The molecule has 196 valence electrons. The second kappa shape index (κ2) is 11.6. The van der Waals surface area contributed by atoms with Gasteiger partial charge in [0.1, 0.15) is 23.9 Å². The van der Waals surface area contributed by atoms with Crippen molar-refractivity contribution < 1.29 is 19.1 Å². The van der Waals surface area contributed by atoms with Crippen molar-refractivity contribution in [1.82, 2.24) is 14.7 Å². The summed E-state index contributed by atoms with van der Waals surface area (Å²) in [5.74, 6) is 1.24. The molecule has 1 heterocycles. The monoisotopic (exact) mass is 512 g/mol. The van der Waals surface area contributed by atoms with Crippen molar-refractivity contribution in [2.45, 2.75) is 26.8 Å². The van der Waals surface area contributed by atoms with Gasteiger partial charge in [0, 0.05) is 17.2 Å². The minimum atomic E-state index is -0.332. The van der Waals surface area contributed by atoms with Crippen LogP contribution in [0.5, 0.6) is 11.5 Å². The summed E-state index contributed by atoms with van der Waals surface area (Å²) >= 11 is 0. The number of carbonyl (C=O) groups excluding carboxylic acids is 2. The number of benzene rings is 3. The molecule has 0 saturated heterocycles. The van der Waals surface area contributed by atoms with Gasteiger partial charge in [-0.05, 0) is 68.8 Å². The highest BCUT2D eigenvalue weighted by Gasteiger charge is 2.25. The van der Waals surface area contributed by atoms with Crippen LogP contribution in [0.1, 0.15) is 29.9 Å². The van der Waals surface area contributed by atoms with Crippen molar-refractivity contribution in [3.63, 3.8) is 0 Å². The lowest BCUT2D eigenvalue weighted by atomic mass is 10.1.